The summed E-state index contributed by atoms with van der Waals surface area (Å²) in [6.45, 7) is 7.30. The molecule has 0 bridgehead atoms. The molecule has 5 nitrogen and oxygen atoms in total. The molecule has 1 aromatic rings. The average molecular weight is 312 g/mol. The highest BCUT2D eigenvalue weighted by Gasteiger charge is 2.21. The molecular formula is C15H22ClN3O2. The van der Waals surface area contributed by atoms with Gasteiger partial charge in [-0.05, 0) is 18.6 Å². The molecule has 2 aliphatic rings. The van der Waals surface area contributed by atoms with E-state index in [0.29, 0.717) is 0 Å². The SMILES string of the molecule is Clc1cccnc1N1CCN(CCC2COCCO2)CC1. The zero-order valence-electron chi connectivity index (χ0n) is 12.2. The molecule has 0 radical (unpaired) electrons. The van der Waals surface area contributed by atoms with Gasteiger partial charge in [0.05, 0.1) is 30.9 Å². The van der Waals surface area contributed by atoms with E-state index in [1.165, 1.54) is 0 Å². The van der Waals surface area contributed by atoms with Gasteiger partial charge < -0.3 is 14.4 Å². The van der Waals surface area contributed by atoms with Gasteiger partial charge in [0.1, 0.15) is 5.82 Å². The van der Waals surface area contributed by atoms with Crippen LogP contribution >= 0.6 is 11.6 Å². The van der Waals surface area contributed by atoms with Crippen LogP contribution in [-0.4, -0.2) is 68.5 Å². The first kappa shape index (κ1) is 15.0. The maximum atomic E-state index is 6.21. The Morgan fingerprint density at radius 1 is 1.24 bits per heavy atom. The molecule has 6 heteroatoms. The molecule has 3 heterocycles. The number of halogens is 1. The molecule has 2 aliphatic heterocycles. The summed E-state index contributed by atoms with van der Waals surface area (Å²) in [5, 5.41) is 0.735. The quantitative estimate of drug-likeness (QED) is 0.845. The van der Waals surface area contributed by atoms with E-state index in [-0.39, 0.29) is 6.10 Å². The Hall–Kier alpha value is -0.880. The lowest BCUT2D eigenvalue weighted by Crippen LogP contribution is -2.47. The maximum Gasteiger partial charge on any atom is 0.147 e. The van der Waals surface area contributed by atoms with Crippen LogP contribution in [0, 0.1) is 0 Å². The van der Waals surface area contributed by atoms with Crippen LogP contribution in [0.1, 0.15) is 6.42 Å². The monoisotopic (exact) mass is 311 g/mol. The second-order valence-corrected chi connectivity index (χ2v) is 5.90. The zero-order chi connectivity index (χ0) is 14.5. The summed E-state index contributed by atoms with van der Waals surface area (Å²) in [4.78, 5) is 9.13. The Morgan fingerprint density at radius 2 is 2.10 bits per heavy atom. The molecule has 0 N–H and O–H groups in total. The molecule has 1 aromatic heterocycles. The predicted molar refractivity (Wildman–Crippen MR) is 83.1 cm³/mol. The second kappa shape index (κ2) is 7.40. The van der Waals surface area contributed by atoms with E-state index in [9.17, 15) is 0 Å². The van der Waals surface area contributed by atoms with Gasteiger partial charge in [-0.3, -0.25) is 4.90 Å². The molecule has 21 heavy (non-hydrogen) atoms. The molecule has 1 atom stereocenters. The van der Waals surface area contributed by atoms with Gasteiger partial charge in [-0.2, -0.15) is 0 Å². The molecule has 1 unspecified atom stereocenters. The lowest BCUT2D eigenvalue weighted by Gasteiger charge is -2.36. The van der Waals surface area contributed by atoms with Crippen molar-refractivity contribution in [1.29, 1.82) is 0 Å². The van der Waals surface area contributed by atoms with Gasteiger partial charge in [0.15, 0.2) is 0 Å². The number of pyridine rings is 1. The van der Waals surface area contributed by atoms with Crippen LogP contribution in [-0.2, 0) is 9.47 Å². The average Bonchev–Trinajstić information content (AvgIpc) is 2.55. The fraction of sp³-hybridized carbons (Fsp3) is 0.667. The molecule has 2 saturated heterocycles. The molecule has 116 valence electrons. The first-order valence-corrected chi connectivity index (χ1v) is 7.98. The summed E-state index contributed by atoms with van der Waals surface area (Å²) in [5.41, 5.74) is 0. The van der Waals surface area contributed by atoms with Crippen LogP contribution in [0.2, 0.25) is 5.02 Å². The van der Waals surface area contributed by atoms with Crippen LogP contribution in [0.4, 0.5) is 5.82 Å². The normalized spacial score (nSPS) is 24.2. The lowest BCUT2D eigenvalue weighted by molar-refractivity contribution is -0.0927. The van der Waals surface area contributed by atoms with Crippen molar-refractivity contribution in [3.05, 3.63) is 23.4 Å². The standard InChI is InChI=1S/C15H22ClN3O2/c16-14-2-1-4-17-15(14)19-8-6-18(7-9-19)5-3-13-12-20-10-11-21-13/h1-2,4,13H,3,5-12H2. The van der Waals surface area contributed by atoms with Crippen molar-refractivity contribution in [2.75, 3.05) is 57.4 Å². The molecule has 0 aliphatic carbocycles. The largest absolute Gasteiger partial charge is 0.376 e. The smallest absolute Gasteiger partial charge is 0.147 e. The van der Waals surface area contributed by atoms with Gasteiger partial charge in [0, 0.05) is 38.9 Å². The van der Waals surface area contributed by atoms with Crippen molar-refractivity contribution in [1.82, 2.24) is 9.88 Å². The summed E-state index contributed by atoms with van der Waals surface area (Å²) >= 11 is 6.21. The summed E-state index contributed by atoms with van der Waals surface area (Å²) in [7, 11) is 0. The number of piperazine rings is 1. The molecule has 3 rings (SSSR count). The Morgan fingerprint density at radius 3 is 2.81 bits per heavy atom. The Kier molecular flexibility index (Phi) is 5.30. The van der Waals surface area contributed by atoms with Gasteiger partial charge in [-0.15, -0.1) is 0 Å². The van der Waals surface area contributed by atoms with Crippen molar-refractivity contribution >= 4 is 17.4 Å². The fourth-order valence-corrected chi connectivity index (χ4v) is 3.06. The van der Waals surface area contributed by atoms with Crippen molar-refractivity contribution < 1.29 is 9.47 Å². The summed E-state index contributed by atoms with van der Waals surface area (Å²) in [6.07, 6.45) is 3.11. The zero-order valence-corrected chi connectivity index (χ0v) is 13.0. The first-order valence-electron chi connectivity index (χ1n) is 7.60. The van der Waals surface area contributed by atoms with Crippen LogP contribution in [0.15, 0.2) is 18.3 Å². The van der Waals surface area contributed by atoms with Gasteiger partial charge in [0.2, 0.25) is 0 Å². The number of hydrogen-bond acceptors (Lipinski definition) is 5. The first-order chi connectivity index (χ1) is 10.3. The van der Waals surface area contributed by atoms with E-state index in [4.69, 9.17) is 21.1 Å². The van der Waals surface area contributed by atoms with E-state index < -0.39 is 0 Å². The van der Waals surface area contributed by atoms with Crippen LogP contribution in [0.5, 0.6) is 0 Å². The Balaban J connectivity index is 1.43. The number of anilines is 1. The minimum Gasteiger partial charge on any atom is -0.376 e. The van der Waals surface area contributed by atoms with Crippen LogP contribution in [0.3, 0.4) is 0 Å². The van der Waals surface area contributed by atoms with Crippen LogP contribution < -0.4 is 4.90 Å². The topological polar surface area (TPSA) is 37.8 Å². The molecule has 0 aromatic carbocycles. The lowest BCUT2D eigenvalue weighted by atomic mass is 10.2. The molecule has 0 spiro atoms. The highest BCUT2D eigenvalue weighted by molar-refractivity contribution is 6.32. The van der Waals surface area contributed by atoms with Crippen molar-refractivity contribution in [3.8, 4) is 0 Å². The van der Waals surface area contributed by atoms with Gasteiger partial charge in [-0.1, -0.05) is 11.6 Å². The Labute approximate surface area is 130 Å². The summed E-state index contributed by atoms with van der Waals surface area (Å²) in [6, 6.07) is 3.77. The van der Waals surface area contributed by atoms with E-state index in [0.717, 1.165) is 69.8 Å². The highest BCUT2D eigenvalue weighted by Crippen LogP contribution is 2.23. The van der Waals surface area contributed by atoms with Crippen LogP contribution in [0.25, 0.3) is 0 Å². The molecular weight excluding hydrogens is 290 g/mol. The minimum absolute atomic E-state index is 0.266. The van der Waals surface area contributed by atoms with Crippen molar-refractivity contribution in [3.63, 3.8) is 0 Å². The third-order valence-corrected chi connectivity index (χ3v) is 4.36. The van der Waals surface area contributed by atoms with Gasteiger partial charge >= 0.3 is 0 Å². The summed E-state index contributed by atoms with van der Waals surface area (Å²) in [5.74, 6) is 0.905. The van der Waals surface area contributed by atoms with Crippen molar-refractivity contribution in [2.24, 2.45) is 0 Å². The molecule has 2 fully saturated rings. The van der Waals surface area contributed by atoms with Gasteiger partial charge in [-0.25, -0.2) is 4.98 Å². The Bertz CT molecular complexity index is 446. The molecule has 0 saturated carbocycles. The van der Waals surface area contributed by atoms with E-state index in [1.54, 1.807) is 6.20 Å². The van der Waals surface area contributed by atoms with E-state index in [2.05, 4.69) is 14.8 Å². The second-order valence-electron chi connectivity index (χ2n) is 5.49. The number of rotatable bonds is 4. The van der Waals surface area contributed by atoms with E-state index in [1.807, 2.05) is 12.1 Å². The number of hydrogen-bond donors (Lipinski definition) is 0. The number of nitrogens with zero attached hydrogens (tertiary/aromatic N) is 3. The third kappa shape index (κ3) is 4.07. The van der Waals surface area contributed by atoms with Gasteiger partial charge in [0.25, 0.3) is 0 Å². The van der Waals surface area contributed by atoms with E-state index >= 15 is 0 Å². The maximum absolute atomic E-state index is 6.21. The van der Waals surface area contributed by atoms with Crippen molar-refractivity contribution in [2.45, 2.75) is 12.5 Å². The summed E-state index contributed by atoms with van der Waals surface area (Å²) < 4.78 is 11.1. The molecule has 0 amide bonds. The third-order valence-electron chi connectivity index (χ3n) is 4.06. The number of ether oxygens (including phenoxy) is 2. The highest BCUT2D eigenvalue weighted by atomic mass is 35.5. The number of aromatic nitrogens is 1. The fourth-order valence-electron chi connectivity index (χ4n) is 2.82. The predicted octanol–water partition coefficient (Wildman–Crippen LogP) is 1.66. The minimum atomic E-state index is 0.266.